The van der Waals surface area contributed by atoms with Gasteiger partial charge in [-0.25, -0.2) is 4.98 Å². The van der Waals surface area contributed by atoms with Gasteiger partial charge >= 0.3 is 0 Å². The number of hydrogen-bond acceptors (Lipinski definition) is 4. The smallest absolute Gasteiger partial charge is 0.257 e. The van der Waals surface area contributed by atoms with Crippen molar-refractivity contribution in [1.82, 2.24) is 4.98 Å². The molecule has 1 heterocycles. The summed E-state index contributed by atoms with van der Waals surface area (Å²) >= 11 is 1.37. The predicted octanol–water partition coefficient (Wildman–Crippen LogP) is 5.17. The molecule has 0 saturated heterocycles. The third-order valence-corrected chi connectivity index (χ3v) is 5.00. The van der Waals surface area contributed by atoms with Crippen molar-refractivity contribution >= 4 is 44.7 Å². The lowest BCUT2D eigenvalue weighted by atomic mass is 10.1. The Hall–Kier alpha value is -3.51. The van der Waals surface area contributed by atoms with Crippen LogP contribution in [0, 0.1) is 0 Å². The van der Waals surface area contributed by atoms with Crippen LogP contribution < -0.4 is 10.6 Å². The number of thiazole rings is 1. The fourth-order valence-corrected chi connectivity index (χ4v) is 3.61. The highest BCUT2D eigenvalue weighted by atomic mass is 32.1. The Kier molecular flexibility index (Phi) is 4.87. The molecular weight excluding hydrogens is 370 g/mol. The van der Waals surface area contributed by atoms with E-state index in [4.69, 9.17) is 0 Å². The average molecular weight is 387 g/mol. The molecule has 0 aliphatic heterocycles. The van der Waals surface area contributed by atoms with Crippen LogP contribution >= 0.6 is 11.3 Å². The molecular formula is C22H17N3O2S. The monoisotopic (exact) mass is 387 g/mol. The molecule has 0 unspecified atom stereocenters. The highest BCUT2D eigenvalue weighted by Gasteiger charge is 2.11. The number of anilines is 2. The van der Waals surface area contributed by atoms with Crippen LogP contribution in [0.5, 0.6) is 0 Å². The minimum atomic E-state index is -0.187. The zero-order valence-corrected chi connectivity index (χ0v) is 15.9. The Balaban J connectivity index is 1.49. The summed E-state index contributed by atoms with van der Waals surface area (Å²) in [7, 11) is 0. The summed E-state index contributed by atoms with van der Waals surface area (Å²) in [5.74, 6) is -0.298. The van der Waals surface area contributed by atoms with E-state index >= 15 is 0 Å². The molecule has 5 nitrogen and oxygen atoms in total. The molecule has 0 bridgehead atoms. The van der Waals surface area contributed by atoms with Gasteiger partial charge in [0.05, 0.1) is 5.69 Å². The van der Waals surface area contributed by atoms with Gasteiger partial charge in [-0.2, -0.15) is 0 Å². The van der Waals surface area contributed by atoms with E-state index in [2.05, 4.69) is 15.6 Å². The maximum Gasteiger partial charge on any atom is 0.257 e. The Bertz CT molecular complexity index is 1170. The Morgan fingerprint density at radius 2 is 1.64 bits per heavy atom. The molecule has 0 aliphatic rings. The summed E-state index contributed by atoms with van der Waals surface area (Å²) in [5, 5.41) is 10.1. The molecule has 4 rings (SSSR count). The van der Waals surface area contributed by atoms with Crippen molar-refractivity contribution < 1.29 is 9.59 Å². The van der Waals surface area contributed by atoms with Crippen molar-refractivity contribution in [2.45, 2.75) is 6.92 Å². The summed E-state index contributed by atoms with van der Waals surface area (Å²) in [6.07, 6.45) is 0. The molecule has 0 fully saturated rings. The number of carbonyl (C=O) groups is 2. The lowest BCUT2D eigenvalue weighted by molar-refractivity contribution is -0.114. The highest BCUT2D eigenvalue weighted by molar-refractivity contribution is 7.14. The summed E-state index contributed by atoms with van der Waals surface area (Å²) in [5.41, 5.74) is 3.01. The van der Waals surface area contributed by atoms with Crippen LogP contribution in [0.15, 0.2) is 72.1 Å². The van der Waals surface area contributed by atoms with E-state index in [0.29, 0.717) is 10.7 Å². The minimum absolute atomic E-state index is 0.111. The van der Waals surface area contributed by atoms with Gasteiger partial charge in [0.25, 0.3) is 5.91 Å². The molecule has 0 saturated carbocycles. The van der Waals surface area contributed by atoms with Crippen LogP contribution in [0.1, 0.15) is 17.3 Å². The molecule has 0 aliphatic carbocycles. The van der Waals surface area contributed by atoms with Crippen molar-refractivity contribution in [2.24, 2.45) is 0 Å². The number of fused-ring (bicyclic) bond motifs is 1. The standard InChI is InChI=1S/C22H17N3O2S/c1-14(26)23-19-10-8-16(9-11-19)20-13-28-22(24-20)25-21(27)18-7-6-15-4-2-3-5-17(15)12-18/h2-13H,1H3,(H,23,26)(H,24,25,27). The topological polar surface area (TPSA) is 71.1 Å². The summed E-state index contributed by atoms with van der Waals surface area (Å²) in [6, 6.07) is 21.0. The molecule has 4 aromatic rings. The minimum Gasteiger partial charge on any atom is -0.326 e. The van der Waals surface area contributed by atoms with Gasteiger partial charge in [0.15, 0.2) is 5.13 Å². The number of rotatable bonds is 4. The van der Waals surface area contributed by atoms with Crippen LogP contribution in [-0.4, -0.2) is 16.8 Å². The maximum absolute atomic E-state index is 12.6. The number of nitrogens with one attached hydrogen (secondary N) is 2. The van der Waals surface area contributed by atoms with Crippen molar-refractivity contribution in [1.29, 1.82) is 0 Å². The van der Waals surface area contributed by atoms with Crippen LogP contribution in [0.2, 0.25) is 0 Å². The molecule has 1 aromatic heterocycles. The first kappa shape index (κ1) is 17.9. The second-order valence-corrected chi connectivity index (χ2v) is 7.17. The first-order valence-electron chi connectivity index (χ1n) is 8.72. The Morgan fingerprint density at radius 1 is 0.893 bits per heavy atom. The van der Waals surface area contributed by atoms with E-state index in [1.54, 1.807) is 0 Å². The molecule has 6 heteroatoms. The van der Waals surface area contributed by atoms with E-state index in [0.717, 1.165) is 27.7 Å². The summed E-state index contributed by atoms with van der Waals surface area (Å²) < 4.78 is 0. The van der Waals surface area contributed by atoms with Gasteiger partial charge in [-0.3, -0.25) is 14.9 Å². The Morgan fingerprint density at radius 3 is 2.39 bits per heavy atom. The van der Waals surface area contributed by atoms with Gasteiger partial charge < -0.3 is 5.32 Å². The second kappa shape index (κ2) is 7.62. The van der Waals surface area contributed by atoms with Gasteiger partial charge in [0, 0.05) is 29.1 Å². The molecule has 0 radical (unpaired) electrons. The fourth-order valence-electron chi connectivity index (χ4n) is 2.89. The molecule has 2 amide bonds. The number of aromatic nitrogens is 1. The molecule has 138 valence electrons. The maximum atomic E-state index is 12.6. The zero-order valence-electron chi connectivity index (χ0n) is 15.1. The SMILES string of the molecule is CC(=O)Nc1ccc(-c2csc(NC(=O)c3ccc4ccccc4c3)n2)cc1. The van der Waals surface area contributed by atoms with Crippen molar-refractivity contribution in [3.63, 3.8) is 0 Å². The van der Waals surface area contributed by atoms with Crippen LogP contribution in [0.3, 0.4) is 0 Å². The van der Waals surface area contributed by atoms with Crippen molar-refractivity contribution in [2.75, 3.05) is 10.6 Å². The first-order chi connectivity index (χ1) is 13.6. The fraction of sp³-hybridized carbons (Fsp3) is 0.0455. The van der Waals surface area contributed by atoms with Gasteiger partial charge in [-0.1, -0.05) is 42.5 Å². The lowest BCUT2D eigenvalue weighted by Gasteiger charge is -2.04. The van der Waals surface area contributed by atoms with Crippen molar-refractivity contribution in [3.05, 3.63) is 77.7 Å². The normalized spacial score (nSPS) is 10.6. The number of hydrogen-bond donors (Lipinski definition) is 2. The molecule has 3 aromatic carbocycles. The number of benzene rings is 3. The molecule has 28 heavy (non-hydrogen) atoms. The summed E-state index contributed by atoms with van der Waals surface area (Å²) in [6.45, 7) is 1.47. The zero-order chi connectivity index (χ0) is 19.5. The molecule has 0 spiro atoms. The van der Waals surface area contributed by atoms with E-state index in [9.17, 15) is 9.59 Å². The van der Waals surface area contributed by atoms with Crippen LogP contribution in [0.25, 0.3) is 22.0 Å². The second-order valence-electron chi connectivity index (χ2n) is 6.31. The number of amides is 2. The van der Waals surface area contributed by atoms with E-state index in [-0.39, 0.29) is 11.8 Å². The van der Waals surface area contributed by atoms with E-state index < -0.39 is 0 Å². The Labute approximate surface area is 166 Å². The van der Waals surface area contributed by atoms with Crippen molar-refractivity contribution in [3.8, 4) is 11.3 Å². The van der Waals surface area contributed by atoms with Gasteiger partial charge in [-0.15, -0.1) is 11.3 Å². The summed E-state index contributed by atoms with van der Waals surface area (Å²) in [4.78, 5) is 28.2. The van der Waals surface area contributed by atoms with Gasteiger partial charge in [0.2, 0.25) is 5.91 Å². The first-order valence-corrected chi connectivity index (χ1v) is 9.60. The third-order valence-electron chi connectivity index (χ3n) is 4.24. The molecule has 2 N–H and O–H groups in total. The number of nitrogens with zero attached hydrogens (tertiary/aromatic N) is 1. The van der Waals surface area contributed by atoms with Crippen LogP contribution in [-0.2, 0) is 4.79 Å². The quantitative estimate of drug-likeness (QED) is 0.507. The van der Waals surface area contributed by atoms with Crippen LogP contribution in [0.4, 0.5) is 10.8 Å². The average Bonchev–Trinajstić information content (AvgIpc) is 3.16. The third kappa shape index (κ3) is 3.92. The molecule has 0 atom stereocenters. The van der Waals surface area contributed by atoms with E-state index in [1.807, 2.05) is 72.1 Å². The number of carbonyl (C=O) groups excluding carboxylic acids is 2. The van der Waals surface area contributed by atoms with Gasteiger partial charge in [-0.05, 0) is 35.0 Å². The van der Waals surface area contributed by atoms with E-state index in [1.165, 1.54) is 18.3 Å². The largest absolute Gasteiger partial charge is 0.326 e. The van der Waals surface area contributed by atoms with Gasteiger partial charge in [0.1, 0.15) is 0 Å². The predicted molar refractivity (Wildman–Crippen MR) is 114 cm³/mol. The highest BCUT2D eigenvalue weighted by Crippen LogP contribution is 2.26. The lowest BCUT2D eigenvalue weighted by Crippen LogP contribution is -2.11.